The highest BCUT2D eigenvalue weighted by molar-refractivity contribution is 5.73. The maximum absolute atomic E-state index is 4.60. The van der Waals surface area contributed by atoms with Crippen molar-refractivity contribution in [3.8, 4) is 0 Å². The molecule has 0 amide bonds. The Bertz CT molecular complexity index is 689. The van der Waals surface area contributed by atoms with Gasteiger partial charge in [0.05, 0.1) is 6.20 Å². The van der Waals surface area contributed by atoms with E-state index in [0.29, 0.717) is 0 Å². The Hall–Kier alpha value is -2.56. The van der Waals surface area contributed by atoms with Crippen molar-refractivity contribution in [1.82, 2.24) is 14.4 Å². The van der Waals surface area contributed by atoms with Crippen LogP contribution in [0.5, 0.6) is 0 Å². The average molecular weight is 253 g/mol. The van der Waals surface area contributed by atoms with Gasteiger partial charge in [0.25, 0.3) is 0 Å². The van der Waals surface area contributed by atoms with E-state index in [2.05, 4.69) is 15.3 Å². The second kappa shape index (κ2) is 4.61. The van der Waals surface area contributed by atoms with Crippen molar-refractivity contribution in [3.63, 3.8) is 0 Å². The first kappa shape index (κ1) is 11.5. The second-order valence-corrected chi connectivity index (χ2v) is 4.25. The van der Waals surface area contributed by atoms with E-state index in [1.807, 2.05) is 66.1 Å². The Morgan fingerprint density at radius 1 is 1.21 bits per heavy atom. The number of rotatable bonds is 3. The molecule has 1 aromatic carbocycles. The van der Waals surface area contributed by atoms with Gasteiger partial charge in [-0.1, -0.05) is 18.2 Å². The fourth-order valence-electron chi connectivity index (χ4n) is 2.03. The summed E-state index contributed by atoms with van der Waals surface area (Å²) in [5, 5.41) is 3.07. The minimum atomic E-state index is 0.809. The quantitative estimate of drug-likeness (QED) is 0.779. The van der Waals surface area contributed by atoms with Gasteiger partial charge in [-0.05, 0) is 12.1 Å². The fraction of sp³-hybridized carbons (Fsp3) is 0.143. The van der Waals surface area contributed by atoms with Crippen molar-refractivity contribution < 1.29 is 0 Å². The lowest BCUT2D eigenvalue weighted by Gasteiger charge is -2.19. The average Bonchev–Trinajstić information content (AvgIpc) is 2.94. The van der Waals surface area contributed by atoms with Gasteiger partial charge in [0.2, 0.25) is 0 Å². The van der Waals surface area contributed by atoms with Crippen molar-refractivity contribution in [2.75, 3.05) is 24.3 Å². The molecule has 0 radical (unpaired) electrons. The van der Waals surface area contributed by atoms with E-state index in [1.54, 1.807) is 6.20 Å². The van der Waals surface area contributed by atoms with Gasteiger partial charge in [0, 0.05) is 32.2 Å². The number of imidazole rings is 1. The largest absolute Gasteiger partial charge is 0.372 e. The first-order valence-corrected chi connectivity index (χ1v) is 6.10. The van der Waals surface area contributed by atoms with Crippen LogP contribution < -0.4 is 10.2 Å². The SMILES string of the molecule is CNc1cn2ccnc2c(N(C)c2ccccc2)n1. The molecule has 1 N–H and O–H groups in total. The van der Waals surface area contributed by atoms with Crippen LogP contribution in [0.2, 0.25) is 0 Å². The first-order chi connectivity index (χ1) is 9.29. The van der Waals surface area contributed by atoms with E-state index in [-0.39, 0.29) is 0 Å². The van der Waals surface area contributed by atoms with Gasteiger partial charge in [-0.2, -0.15) is 0 Å². The Morgan fingerprint density at radius 2 is 2.00 bits per heavy atom. The Kier molecular flexibility index (Phi) is 2.79. The van der Waals surface area contributed by atoms with Crippen LogP contribution in [0.15, 0.2) is 48.9 Å². The molecule has 0 fully saturated rings. The summed E-state index contributed by atoms with van der Waals surface area (Å²) < 4.78 is 1.97. The van der Waals surface area contributed by atoms with Crippen LogP contribution in [-0.4, -0.2) is 28.5 Å². The molecule has 5 nitrogen and oxygen atoms in total. The maximum Gasteiger partial charge on any atom is 0.180 e. The number of nitrogens with zero attached hydrogens (tertiary/aromatic N) is 4. The number of nitrogens with one attached hydrogen (secondary N) is 1. The molecule has 0 unspecified atom stereocenters. The van der Waals surface area contributed by atoms with Crippen molar-refractivity contribution in [2.45, 2.75) is 0 Å². The summed E-state index contributed by atoms with van der Waals surface area (Å²) in [4.78, 5) is 11.0. The first-order valence-electron chi connectivity index (χ1n) is 6.10. The molecule has 0 aliphatic rings. The van der Waals surface area contributed by atoms with Crippen LogP contribution in [0, 0.1) is 0 Å². The molecule has 3 rings (SSSR count). The van der Waals surface area contributed by atoms with Gasteiger partial charge in [-0.15, -0.1) is 0 Å². The standard InChI is InChI=1S/C14H15N5/c1-15-12-10-19-9-8-16-13(19)14(17-12)18(2)11-6-4-3-5-7-11/h3-10,15H,1-2H3. The van der Waals surface area contributed by atoms with E-state index in [9.17, 15) is 0 Å². The van der Waals surface area contributed by atoms with E-state index in [1.165, 1.54) is 0 Å². The Balaban J connectivity index is 2.16. The van der Waals surface area contributed by atoms with Crippen LogP contribution in [-0.2, 0) is 0 Å². The zero-order valence-electron chi connectivity index (χ0n) is 10.9. The smallest absolute Gasteiger partial charge is 0.180 e. The fourth-order valence-corrected chi connectivity index (χ4v) is 2.03. The summed E-state index contributed by atoms with van der Waals surface area (Å²) in [7, 11) is 3.85. The summed E-state index contributed by atoms with van der Waals surface area (Å²) in [5.74, 6) is 1.63. The molecule has 5 heteroatoms. The Labute approximate surface area is 111 Å². The third-order valence-corrected chi connectivity index (χ3v) is 3.07. The molecule has 0 bridgehead atoms. The summed E-state index contributed by atoms with van der Waals surface area (Å²) in [5.41, 5.74) is 1.92. The minimum Gasteiger partial charge on any atom is -0.372 e. The van der Waals surface area contributed by atoms with Gasteiger partial charge >= 0.3 is 0 Å². The lowest BCUT2D eigenvalue weighted by molar-refractivity contribution is 1.06. The van der Waals surface area contributed by atoms with Crippen molar-refractivity contribution in [3.05, 3.63) is 48.9 Å². The number of hydrogen-bond donors (Lipinski definition) is 1. The predicted molar refractivity (Wildman–Crippen MR) is 77.0 cm³/mol. The number of fused-ring (bicyclic) bond motifs is 1. The maximum atomic E-state index is 4.60. The second-order valence-electron chi connectivity index (χ2n) is 4.25. The predicted octanol–water partition coefficient (Wildman–Crippen LogP) is 2.54. The summed E-state index contributed by atoms with van der Waals surface area (Å²) >= 11 is 0. The number of anilines is 3. The molecule has 0 aliphatic carbocycles. The highest BCUT2D eigenvalue weighted by atomic mass is 15.2. The van der Waals surface area contributed by atoms with Crippen LogP contribution >= 0.6 is 0 Å². The topological polar surface area (TPSA) is 45.5 Å². The zero-order chi connectivity index (χ0) is 13.2. The molecule has 0 aliphatic heterocycles. The number of para-hydroxylation sites is 1. The van der Waals surface area contributed by atoms with Crippen molar-refractivity contribution in [1.29, 1.82) is 0 Å². The van der Waals surface area contributed by atoms with Crippen LogP contribution in [0.4, 0.5) is 17.3 Å². The van der Waals surface area contributed by atoms with Gasteiger partial charge in [-0.25, -0.2) is 9.97 Å². The van der Waals surface area contributed by atoms with Crippen LogP contribution in [0.25, 0.3) is 5.65 Å². The van der Waals surface area contributed by atoms with Gasteiger partial charge in [0.15, 0.2) is 11.5 Å². The molecule has 96 valence electrons. The molecular weight excluding hydrogens is 238 g/mol. The minimum absolute atomic E-state index is 0.809. The van der Waals surface area contributed by atoms with E-state index in [0.717, 1.165) is 23.0 Å². The van der Waals surface area contributed by atoms with E-state index < -0.39 is 0 Å². The summed E-state index contributed by atoms with van der Waals surface area (Å²) in [6.45, 7) is 0. The molecule has 0 saturated heterocycles. The van der Waals surface area contributed by atoms with Gasteiger partial charge < -0.3 is 14.6 Å². The third kappa shape index (κ3) is 1.99. The summed E-state index contributed by atoms with van der Waals surface area (Å²) in [6, 6.07) is 10.1. The number of aromatic nitrogens is 3. The van der Waals surface area contributed by atoms with E-state index >= 15 is 0 Å². The number of benzene rings is 1. The molecule has 0 atom stereocenters. The highest BCUT2D eigenvalue weighted by Crippen LogP contribution is 2.26. The van der Waals surface area contributed by atoms with Crippen molar-refractivity contribution in [2.24, 2.45) is 0 Å². The van der Waals surface area contributed by atoms with E-state index in [4.69, 9.17) is 0 Å². The monoisotopic (exact) mass is 253 g/mol. The lowest BCUT2D eigenvalue weighted by atomic mass is 10.3. The Morgan fingerprint density at radius 3 is 2.74 bits per heavy atom. The molecule has 0 spiro atoms. The molecule has 2 aromatic heterocycles. The van der Waals surface area contributed by atoms with Crippen molar-refractivity contribution >= 4 is 23.0 Å². The highest BCUT2D eigenvalue weighted by Gasteiger charge is 2.12. The molecule has 19 heavy (non-hydrogen) atoms. The van der Waals surface area contributed by atoms with Crippen LogP contribution in [0.1, 0.15) is 0 Å². The number of hydrogen-bond acceptors (Lipinski definition) is 4. The third-order valence-electron chi connectivity index (χ3n) is 3.07. The zero-order valence-corrected chi connectivity index (χ0v) is 10.9. The lowest BCUT2D eigenvalue weighted by Crippen LogP contribution is -2.13. The van der Waals surface area contributed by atoms with Gasteiger partial charge in [-0.3, -0.25) is 0 Å². The molecule has 3 aromatic rings. The van der Waals surface area contributed by atoms with Crippen LogP contribution in [0.3, 0.4) is 0 Å². The molecule has 0 saturated carbocycles. The summed E-state index contributed by atoms with van der Waals surface area (Å²) in [6.07, 6.45) is 5.61. The van der Waals surface area contributed by atoms with Gasteiger partial charge in [0.1, 0.15) is 5.82 Å². The molecule has 2 heterocycles. The normalized spacial score (nSPS) is 10.6. The molecular formula is C14H15N5.